The van der Waals surface area contributed by atoms with Crippen molar-refractivity contribution in [3.05, 3.63) is 47.5 Å². The molecule has 1 aliphatic carbocycles. The minimum Gasteiger partial charge on any atom is -0.480 e. The van der Waals surface area contributed by atoms with Gasteiger partial charge in [-0.05, 0) is 36.5 Å². The highest BCUT2D eigenvalue weighted by molar-refractivity contribution is 6.04. The first-order valence-corrected chi connectivity index (χ1v) is 6.61. The molecule has 0 aliphatic heterocycles. The third-order valence-electron chi connectivity index (χ3n) is 4.02. The number of carboxylic acids is 2. The first kappa shape index (κ1) is 15.0. The Labute approximate surface area is 121 Å². The van der Waals surface area contributed by atoms with Crippen LogP contribution in [0.3, 0.4) is 0 Å². The molecule has 2 N–H and O–H groups in total. The van der Waals surface area contributed by atoms with Crippen molar-refractivity contribution in [2.75, 3.05) is 0 Å². The van der Waals surface area contributed by atoms with Crippen molar-refractivity contribution < 1.29 is 24.6 Å². The molecule has 1 unspecified atom stereocenters. The van der Waals surface area contributed by atoms with Crippen molar-refractivity contribution >= 4 is 17.7 Å². The molecule has 1 atom stereocenters. The minimum atomic E-state index is -2.07. The van der Waals surface area contributed by atoms with Crippen molar-refractivity contribution in [1.82, 2.24) is 0 Å². The van der Waals surface area contributed by atoms with Crippen molar-refractivity contribution in [2.45, 2.75) is 25.7 Å². The highest BCUT2D eigenvalue weighted by Gasteiger charge is 2.47. The fourth-order valence-corrected chi connectivity index (χ4v) is 2.57. The lowest BCUT2D eigenvalue weighted by atomic mass is 9.72. The summed E-state index contributed by atoms with van der Waals surface area (Å²) in [5, 5.41) is 18.5. The molecule has 0 saturated heterocycles. The maximum absolute atomic E-state index is 11.9. The second-order valence-electron chi connectivity index (χ2n) is 5.39. The van der Waals surface area contributed by atoms with Gasteiger partial charge in [0, 0.05) is 6.42 Å². The van der Waals surface area contributed by atoms with E-state index in [1.165, 1.54) is 6.08 Å². The number of hydrogen-bond donors (Lipinski definition) is 2. The quantitative estimate of drug-likeness (QED) is 0.829. The highest BCUT2D eigenvalue weighted by Crippen LogP contribution is 2.40. The van der Waals surface area contributed by atoms with Crippen LogP contribution in [0, 0.1) is 5.41 Å². The second kappa shape index (κ2) is 5.52. The van der Waals surface area contributed by atoms with Crippen LogP contribution in [0.15, 0.2) is 42.0 Å². The number of ketones is 1. The van der Waals surface area contributed by atoms with Gasteiger partial charge in [0.05, 0.1) is 0 Å². The molecule has 0 saturated carbocycles. The molecule has 2 rings (SSSR count). The van der Waals surface area contributed by atoms with Gasteiger partial charge in [0.2, 0.25) is 0 Å². The topological polar surface area (TPSA) is 91.7 Å². The van der Waals surface area contributed by atoms with Crippen LogP contribution in [0.4, 0.5) is 0 Å². The van der Waals surface area contributed by atoms with Crippen LogP contribution in [-0.2, 0) is 14.4 Å². The Morgan fingerprint density at radius 2 is 1.67 bits per heavy atom. The molecule has 0 aromatic heterocycles. The van der Waals surface area contributed by atoms with E-state index in [2.05, 4.69) is 0 Å². The fourth-order valence-electron chi connectivity index (χ4n) is 2.57. The standard InChI is InChI=1S/C16H16O5/c1-16(14(18)19,15(20)21)12-7-11(8-13(17)9-12)10-5-3-2-4-6-10/h2-6,9,11H,7-8H2,1H3,(H,18,19)(H,20,21). The molecular weight excluding hydrogens is 272 g/mol. The summed E-state index contributed by atoms with van der Waals surface area (Å²) in [6.07, 6.45) is 1.70. The van der Waals surface area contributed by atoms with E-state index in [4.69, 9.17) is 0 Å². The number of rotatable bonds is 4. The van der Waals surface area contributed by atoms with Gasteiger partial charge in [-0.3, -0.25) is 14.4 Å². The largest absolute Gasteiger partial charge is 0.480 e. The molecule has 21 heavy (non-hydrogen) atoms. The van der Waals surface area contributed by atoms with Crippen LogP contribution in [0.25, 0.3) is 0 Å². The second-order valence-corrected chi connectivity index (χ2v) is 5.39. The zero-order chi connectivity index (χ0) is 15.6. The van der Waals surface area contributed by atoms with E-state index in [-0.39, 0.29) is 30.1 Å². The Hall–Kier alpha value is -2.43. The summed E-state index contributed by atoms with van der Waals surface area (Å²) in [6.45, 7) is 1.13. The van der Waals surface area contributed by atoms with E-state index in [1.807, 2.05) is 30.3 Å². The number of aliphatic carboxylic acids is 2. The Morgan fingerprint density at radius 1 is 1.10 bits per heavy atom. The van der Waals surface area contributed by atoms with E-state index in [1.54, 1.807) is 0 Å². The van der Waals surface area contributed by atoms with Gasteiger partial charge in [-0.25, -0.2) is 0 Å². The van der Waals surface area contributed by atoms with Crippen LogP contribution in [-0.4, -0.2) is 27.9 Å². The fraction of sp³-hybridized carbons (Fsp3) is 0.312. The molecule has 1 aliphatic rings. The van der Waals surface area contributed by atoms with Gasteiger partial charge in [-0.2, -0.15) is 0 Å². The molecule has 0 radical (unpaired) electrons. The van der Waals surface area contributed by atoms with Crippen molar-refractivity contribution in [2.24, 2.45) is 5.41 Å². The number of benzene rings is 1. The molecule has 5 nitrogen and oxygen atoms in total. The molecular formula is C16H16O5. The Bertz CT molecular complexity index is 601. The minimum absolute atomic E-state index is 0.146. The SMILES string of the molecule is CC(C(=O)O)(C(=O)O)C1=CC(=O)CC(c2ccccc2)C1. The normalized spacial score (nSPS) is 19.0. The molecule has 0 amide bonds. The number of carboxylic acid groups (broad SMARTS) is 2. The maximum atomic E-state index is 11.9. The Kier molecular flexibility index (Phi) is 3.93. The van der Waals surface area contributed by atoms with Gasteiger partial charge >= 0.3 is 11.9 Å². The molecule has 5 heteroatoms. The summed E-state index contributed by atoms with van der Waals surface area (Å²) in [6, 6.07) is 9.25. The third-order valence-corrected chi connectivity index (χ3v) is 4.02. The summed E-state index contributed by atoms with van der Waals surface area (Å²) in [5.74, 6) is -3.33. The number of hydrogen-bond acceptors (Lipinski definition) is 3. The van der Waals surface area contributed by atoms with E-state index >= 15 is 0 Å². The van der Waals surface area contributed by atoms with E-state index in [0.717, 1.165) is 12.5 Å². The Balaban J connectivity index is 2.39. The lowest BCUT2D eigenvalue weighted by Gasteiger charge is -2.30. The predicted molar refractivity (Wildman–Crippen MR) is 74.9 cm³/mol. The van der Waals surface area contributed by atoms with E-state index in [0.29, 0.717) is 0 Å². The Morgan fingerprint density at radius 3 is 2.19 bits per heavy atom. The summed E-state index contributed by atoms with van der Waals surface area (Å²) in [4.78, 5) is 34.6. The molecule has 0 spiro atoms. The molecule has 0 fully saturated rings. The molecule has 110 valence electrons. The van der Waals surface area contributed by atoms with Crippen LogP contribution in [0.5, 0.6) is 0 Å². The highest BCUT2D eigenvalue weighted by atomic mass is 16.4. The number of carbonyl (C=O) groups is 3. The lowest BCUT2D eigenvalue weighted by Crippen LogP contribution is -2.40. The van der Waals surface area contributed by atoms with E-state index < -0.39 is 17.4 Å². The average molecular weight is 288 g/mol. The van der Waals surface area contributed by atoms with Crippen LogP contribution in [0.1, 0.15) is 31.2 Å². The average Bonchev–Trinajstić information content (AvgIpc) is 2.46. The van der Waals surface area contributed by atoms with Gasteiger partial charge in [0.15, 0.2) is 11.2 Å². The van der Waals surface area contributed by atoms with Gasteiger partial charge in [-0.15, -0.1) is 0 Å². The van der Waals surface area contributed by atoms with Crippen molar-refractivity contribution in [3.8, 4) is 0 Å². The van der Waals surface area contributed by atoms with Gasteiger partial charge < -0.3 is 10.2 Å². The van der Waals surface area contributed by atoms with Crippen LogP contribution < -0.4 is 0 Å². The predicted octanol–water partition coefficient (Wildman–Crippen LogP) is 2.24. The smallest absolute Gasteiger partial charge is 0.324 e. The molecule has 1 aromatic carbocycles. The van der Waals surface area contributed by atoms with E-state index in [9.17, 15) is 24.6 Å². The zero-order valence-electron chi connectivity index (χ0n) is 11.6. The van der Waals surface area contributed by atoms with Crippen molar-refractivity contribution in [1.29, 1.82) is 0 Å². The van der Waals surface area contributed by atoms with Gasteiger partial charge in [0.25, 0.3) is 0 Å². The molecule has 0 bridgehead atoms. The first-order chi connectivity index (χ1) is 9.85. The monoisotopic (exact) mass is 288 g/mol. The molecule has 1 aromatic rings. The zero-order valence-corrected chi connectivity index (χ0v) is 11.6. The number of allylic oxidation sites excluding steroid dienone is 1. The lowest BCUT2D eigenvalue weighted by molar-refractivity contribution is -0.160. The summed E-state index contributed by atoms with van der Waals surface area (Å²) >= 11 is 0. The van der Waals surface area contributed by atoms with Crippen LogP contribution >= 0.6 is 0 Å². The van der Waals surface area contributed by atoms with Gasteiger partial charge in [-0.1, -0.05) is 30.3 Å². The van der Waals surface area contributed by atoms with Crippen molar-refractivity contribution in [3.63, 3.8) is 0 Å². The summed E-state index contributed by atoms with van der Waals surface area (Å²) < 4.78 is 0. The van der Waals surface area contributed by atoms with Crippen LogP contribution in [0.2, 0.25) is 0 Å². The maximum Gasteiger partial charge on any atom is 0.324 e. The summed E-state index contributed by atoms with van der Waals surface area (Å²) in [5.41, 5.74) is -1.01. The third kappa shape index (κ3) is 2.72. The van der Waals surface area contributed by atoms with Gasteiger partial charge in [0.1, 0.15) is 0 Å². The molecule has 0 heterocycles. The first-order valence-electron chi connectivity index (χ1n) is 6.61. The summed E-state index contributed by atoms with van der Waals surface area (Å²) in [7, 11) is 0. The number of carbonyl (C=O) groups excluding carboxylic acids is 1.